The van der Waals surface area contributed by atoms with Crippen molar-refractivity contribution in [3.63, 3.8) is 0 Å². The van der Waals surface area contributed by atoms with E-state index in [-0.39, 0.29) is 5.97 Å². The van der Waals surface area contributed by atoms with Gasteiger partial charge in [-0.3, -0.25) is 0 Å². The van der Waals surface area contributed by atoms with Crippen molar-refractivity contribution >= 4 is 11.7 Å². The van der Waals surface area contributed by atoms with Gasteiger partial charge in [0.1, 0.15) is 0 Å². The molecule has 3 heteroatoms. The number of rotatable bonds is 2. The van der Waals surface area contributed by atoms with Crippen LogP contribution < -0.4 is 0 Å². The standard InChI is InChI=1S/C11H11NO2/c1-4-14-11(13)10-6-5-9(12-3)7-8(10)2/h5-7H,4H2,1-2H3. The van der Waals surface area contributed by atoms with Gasteiger partial charge < -0.3 is 4.74 Å². The summed E-state index contributed by atoms with van der Waals surface area (Å²) in [5, 5.41) is 0. The van der Waals surface area contributed by atoms with Gasteiger partial charge in [0.25, 0.3) is 0 Å². The second-order valence-electron chi connectivity index (χ2n) is 2.83. The largest absolute Gasteiger partial charge is 0.462 e. The molecule has 0 atom stereocenters. The van der Waals surface area contributed by atoms with Crippen molar-refractivity contribution in [2.24, 2.45) is 0 Å². The Morgan fingerprint density at radius 1 is 1.57 bits per heavy atom. The number of ether oxygens (including phenoxy) is 1. The molecule has 3 nitrogen and oxygen atoms in total. The maximum atomic E-state index is 11.4. The summed E-state index contributed by atoms with van der Waals surface area (Å²) in [5.41, 5.74) is 1.84. The predicted molar refractivity (Wildman–Crippen MR) is 53.4 cm³/mol. The summed E-state index contributed by atoms with van der Waals surface area (Å²) in [6.07, 6.45) is 0. The number of aryl methyl sites for hydroxylation is 1. The van der Waals surface area contributed by atoms with Crippen LogP contribution in [0.1, 0.15) is 22.8 Å². The average Bonchev–Trinajstić information content (AvgIpc) is 2.17. The van der Waals surface area contributed by atoms with Crippen molar-refractivity contribution in [2.45, 2.75) is 13.8 Å². The molecule has 0 bridgehead atoms. The molecule has 0 fully saturated rings. The van der Waals surface area contributed by atoms with E-state index in [4.69, 9.17) is 11.3 Å². The fraction of sp³-hybridized carbons (Fsp3) is 0.273. The monoisotopic (exact) mass is 189 g/mol. The van der Waals surface area contributed by atoms with Crippen molar-refractivity contribution in [3.8, 4) is 0 Å². The number of benzene rings is 1. The molecule has 0 N–H and O–H groups in total. The van der Waals surface area contributed by atoms with Gasteiger partial charge in [0, 0.05) is 0 Å². The van der Waals surface area contributed by atoms with Crippen molar-refractivity contribution in [3.05, 3.63) is 40.7 Å². The molecule has 1 aromatic rings. The molecular formula is C11H11NO2. The summed E-state index contributed by atoms with van der Waals surface area (Å²) < 4.78 is 4.87. The highest BCUT2D eigenvalue weighted by atomic mass is 16.5. The molecule has 0 aliphatic rings. The Hall–Kier alpha value is -1.82. The van der Waals surface area contributed by atoms with E-state index in [0.717, 1.165) is 5.56 Å². The SMILES string of the molecule is [C-]#[N+]c1ccc(C(=O)OCC)c(C)c1. The number of hydrogen-bond donors (Lipinski definition) is 0. The molecule has 1 rings (SSSR count). The van der Waals surface area contributed by atoms with E-state index >= 15 is 0 Å². The van der Waals surface area contributed by atoms with Gasteiger partial charge in [0.2, 0.25) is 0 Å². The quantitative estimate of drug-likeness (QED) is 0.529. The minimum absolute atomic E-state index is 0.332. The van der Waals surface area contributed by atoms with Crippen LogP contribution in [0, 0.1) is 13.5 Å². The molecule has 0 saturated carbocycles. The molecule has 0 heterocycles. The molecule has 0 unspecified atom stereocenters. The van der Waals surface area contributed by atoms with E-state index < -0.39 is 0 Å². The maximum Gasteiger partial charge on any atom is 0.338 e. The van der Waals surface area contributed by atoms with E-state index in [1.54, 1.807) is 32.0 Å². The molecule has 0 radical (unpaired) electrons. The van der Waals surface area contributed by atoms with Crippen LogP contribution in [0.5, 0.6) is 0 Å². The number of hydrogen-bond acceptors (Lipinski definition) is 2. The average molecular weight is 189 g/mol. The van der Waals surface area contributed by atoms with Gasteiger partial charge in [-0.25, -0.2) is 9.64 Å². The lowest BCUT2D eigenvalue weighted by atomic mass is 10.1. The highest BCUT2D eigenvalue weighted by molar-refractivity contribution is 5.91. The van der Waals surface area contributed by atoms with Gasteiger partial charge in [0.05, 0.1) is 18.7 Å². The Morgan fingerprint density at radius 2 is 2.29 bits per heavy atom. The van der Waals surface area contributed by atoms with Crippen LogP contribution in [0.3, 0.4) is 0 Å². The molecule has 14 heavy (non-hydrogen) atoms. The molecule has 0 saturated heterocycles. The summed E-state index contributed by atoms with van der Waals surface area (Å²) in [7, 11) is 0. The van der Waals surface area contributed by atoms with Crippen molar-refractivity contribution < 1.29 is 9.53 Å². The first-order chi connectivity index (χ1) is 6.69. The Bertz CT molecular complexity index is 391. The van der Waals surface area contributed by atoms with Gasteiger partial charge >= 0.3 is 5.97 Å². The van der Waals surface area contributed by atoms with Crippen LogP contribution in [-0.2, 0) is 4.74 Å². The van der Waals surface area contributed by atoms with Gasteiger partial charge in [-0.15, -0.1) is 0 Å². The van der Waals surface area contributed by atoms with E-state index in [0.29, 0.717) is 17.9 Å². The maximum absolute atomic E-state index is 11.4. The van der Waals surface area contributed by atoms with Crippen molar-refractivity contribution in [2.75, 3.05) is 6.61 Å². The van der Waals surface area contributed by atoms with E-state index in [1.165, 1.54) is 0 Å². The smallest absolute Gasteiger partial charge is 0.338 e. The number of esters is 1. The van der Waals surface area contributed by atoms with Crippen LogP contribution in [-0.4, -0.2) is 12.6 Å². The fourth-order valence-corrected chi connectivity index (χ4v) is 1.16. The van der Waals surface area contributed by atoms with Gasteiger partial charge in [0.15, 0.2) is 5.69 Å². The Labute approximate surface area is 83.1 Å². The summed E-state index contributed by atoms with van der Waals surface area (Å²) in [6, 6.07) is 4.92. The van der Waals surface area contributed by atoms with Crippen molar-refractivity contribution in [1.29, 1.82) is 0 Å². The van der Waals surface area contributed by atoms with E-state index in [9.17, 15) is 4.79 Å². The Kier molecular flexibility index (Phi) is 3.24. The topological polar surface area (TPSA) is 30.7 Å². The van der Waals surface area contributed by atoms with Gasteiger partial charge in [-0.2, -0.15) is 0 Å². The minimum Gasteiger partial charge on any atom is -0.462 e. The van der Waals surface area contributed by atoms with Gasteiger partial charge in [-0.1, -0.05) is 18.2 Å². The molecule has 1 aromatic carbocycles. The lowest BCUT2D eigenvalue weighted by Crippen LogP contribution is -2.06. The first-order valence-corrected chi connectivity index (χ1v) is 4.34. The molecule has 0 aliphatic heterocycles. The third-order valence-corrected chi connectivity index (χ3v) is 1.83. The summed E-state index contributed by atoms with van der Waals surface area (Å²) in [6.45, 7) is 10.7. The second-order valence-corrected chi connectivity index (χ2v) is 2.83. The van der Waals surface area contributed by atoms with Crippen LogP contribution >= 0.6 is 0 Å². The van der Waals surface area contributed by atoms with E-state index in [2.05, 4.69) is 4.85 Å². The zero-order valence-electron chi connectivity index (χ0n) is 8.20. The zero-order chi connectivity index (χ0) is 10.6. The van der Waals surface area contributed by atoms with E-state index in [1.807, 2.05) is 0 Å². The number of carbonyl (C=O) groups is 1. The third kappa shape index (κ3) is 2.11. The molecule has 0 aliphatic carbocycles. The fourth-order valence-electron chi connectivity index (χ4n) is 1.16. The highest BCUT2D eigenvalue weighted by Gasteiger charge is 2.09. The molecular weight excluding hydrogens is 178 g/mol. The molecule has 0 spiro atoms. The molecule has 72 valence electrons. The second kappa shape index (κ2) is 4.43. The number of carbonyl (C=O) groups excluding carboxylic acids is 1. The first-order valence-electron chi connectivity index (χ1n) is 4.34. The van der Waals surface area contributed by atoms with Crippen LogP contribution in [0.15, 0.2) is 18.2 Å². The lowest BCUT2D eigenvalue weighted by molar-refractivity contribution is 0.0525. The van der Waals surface area contributed by atoms with Crippen LogP contribution in [0.2, 0.25) is 0 Å². The lowest BCUT2D eigenvalue weighted by Gasteiger charge is -2.04. The third-order valence-electron chi connectivity index (χ3n) is 1.83. The summed E-state index contributed by atoms with van der Waals surface area (Å²) in [4.78, 5) is 14.6. The van der Waals surface area contributed by atoms with Crippen molar-refractivity contribution in [1.82, 2.24) is 0 Å². The van der Waals surface area contributed by atoms with Crippen LogP contribution in [0.25, 0.3) is 4.85 Å². The highest BCUT2D eigenvalue weighted by Crippen LogP contribution is 2.18. The summed E-state index contributed by atoms with van der Waals surface area (Å²) >= 11 is 0. The van der Waals surface area contributed by atoms with Gasteiger partial charge in [-0.05, 0) is 19.4 Å². The number of nitrogens with zero attached hydrogens (tertiary/aromatic N) is 1. The Morgan fingerprint density at radius 3 is 2.79 bits per heavy atom. The molecule has 0 aromatic heterocycles. The minimum atomic E-state index is -0.332. The van der Waals surface area contributed by atoms with Crippen LogP contribution in [0.4, 0.5) is 5.69 Å². The Balaban J connectivity index is 3.01. The first kappa shape index (κ1) is 10.3. The predicted octanol–water partition coefficient (Wildman–Crippen LogP) is 2.72. The zero-order valence-corrected chi connectivity index (χ0v) is 8.20. The summed E-state index contributed by atoms with van der Waals surface area (Å²) in [5.74, 6) is -0.332. The normalized spacial score (nSPS) is 9.21. The molecule has 0 amide bonds.